The van der Waals surface area contributed by atoms with Crippen molar-refractivity contribution in [3.05, 3.63) is 64.7 Å². The van der Waals surface area contributed by atoms with E-state index < -0.39 is 15.1 Å². The molecule has 0 aliphatic heterocycles. The number of benzene rings is 2. The fourth-order valence-electron chi connectivity index (χ4n) is 2.22. The van der Waals surface area contributed by atoms with Crippen molar-refractivity contribution in [1.29, 1.82) is 5.26 Å². The lowest BCUT2D eigenvalue weighted by Gasteiger charge is -2.11. The van der Waals surface area contributed by atoms with E-state index in [9.17, 15) is 18.5 Å². The van der Waals surface area contributed by atoms with Crippen LogP contribution in [0.4, 0.5) is 0 Å². The number of Topliss-reactive ketones (excluding diaryl/α,β-unsaturated/α-hetero) is 1. The van der Waals surface area contributed by atoms with Crippen LogP contribution in [-0.2, 0) is 9.84 Å². The van der Waals surface area contributed by atoms with Crippen LogP contribution in [0.15, 0.2) is 53.4 Å². The van der Waals surface area contributed by atoms with Crippen molar-refractivity contribution >= 4 is 27.2 Å². The molecule has 0 radical (unpaired) electrons. The molecule has 24 heavy (non-hydrogen) atoms. The van der Waals surface area contributed by atoms with Gasteiger partial charge in [0.2, 0.25) is 0 Å². The Morgan fingerprint density at radius 2 is 1.71 bits per heavy atom. The highest BCUT2D eigenvalue weighted by Crippen LogP contribution is 2.21. The van der Waals surface area contributed by atoms with Crippen molar-refractivity contribution in [2.45, 2.75) is 29.9 Å². The second-order valence-corrected chi connectivity index (χ2v) is 8.01. The van der Waals surface area contributed by atoms with Gasteiger partial charge in [-0.05, 0) is 49.7 Å². The summed E-state index contributed by atoms with van der Waals surface area (Å²) in [6.45, 7) is 1.85. The van der Waals surface area contributed by atoms with Crippen LogP contribution in [0.3, 0.4) is 0 Å². The van der Waals surface area contributed by atoms with Crippen LogP contribution < -0.4 is 0 Å². The lowest BCUT2D eigenvalue weighted by molar-refractivity contribution is 0.0981. The molecule has 1 unspecified atom stereocenters. The minimum atomic E-state index is -3.79. The number of nitriles is 1. The van der Waals surface area contributed by atoms with Gasteiger partial charge in [-0.3, -0.25) is 4.79 Å². The van der Waals surface area contributed by atoms with E-state index in [1.807, 2.05) is 13.0 Å². The molecule has 0 N–H and O–H groups in total. The molecule has 6 heteroatoms. The molecule has 0 aliphatic rings. The molecule has 0 aromatic heterocycles. The average molecular weight is 362 g/mol. The summed E-state index contributed by atoms with van der Waals surface area (Å²) in [7, 11) is -3.79. The first-order chi connectivity index (χ1) is 11.3. The zero-order valence-electron chi connectivity index (χ0n) is 13.1. The van der Waals surface area contributed by atoms with Gasteiger partial charge in [0.25, 0.3) is 0 Å². The van der Waals surface area contributed by atoms with E-state index >= 15 is 0 Å². The van der Waals surface area contributed by atoms with Gasteiger partial charge in [0.05, 0.1) is 11.0 Å². The number of rotatable bonds is 6. The first-order valence-electron chi connectivity index (χ1n) is 7.33. The van der Waals surface area contributed by atoms with Crippen molar-refractivity contribution in [1.82, 2.24) is 0 Å². The second-order valence-electron chi connectivity index (χ2n) is 5.44. The predicted octanol–water partition coefficient (Wildman–Crippen LogP) is 3.98. The molecule has 1 atom stereocenters. The average Bonchev–Trinajstić information content (AvgIpc) is 2.56. The largest absolute Gasteiger partial charge is 0.294 e. The Morgan fingerprint density at radius 3 is 2.25 bits per heavy atom. The zero-order chi connectivity index (χ0) is 17.7. The first-order valence-corrected chi connectivity index (χ1v) is 9.26. The van der Waals surface area contributed by atoms with Crippen molar-refractivity contribution in [2.75, 3.05) is 0 Å². The fourth-order valence-corrected chi connectivity index (χ4v) is 3.76. The summed E-state index contributed by atoms with van der Waals surface area (Å²) >= 11 is 5.77. The van der Waals surface area contributed by atoms with Crippen LogP contribution in [0, 0.1) is 18.3 Å². The van der Waals surface area contributed by atoms with E-state index in [1.54, 1.807) is 36.4 Å². The highest BCUT2D eigenvalue weighted by molar-refractivity contribution is 7.92. The van der Waals surface area contributed by atoms with Crippen LogP contribution in [0.25, 0.3) is 0 Å². The number of carbonyl (C=O) groups is 1. The zero-order valence-corrected chi connectivity index (χ0v) is 14.6. The minimum Gasteiger partial charge on any atom is -0.294 e. The first kappa shape index (κ1) is 18.2. The van der Waals surface area contributed by atoms with Crippen LogP contribution in [0.2, 0.25) is 5.02 Å². The van der Waals surface area contributed by atoms with Gasteiger partial charge in [-0.2, -0.15) is 5.26 Å². The predicted molar refractivity (Wildman–Crippen MR) is 92.8 cm³/mol. The molecule has 2 aromatic rings. The van der Waals surface area contributed by atoms with Gasteiger partial charge < -0.3 is 0 Å². The van der Waals surface area contributed by atoms with Gasteiger partial charge in [-0.1, -0.05) is 29.3 Å². The molecule has 0 bridgehead atoms. The van der Waals surface area contributed by atoms with Crippen molar-refractivity contribution < 1.29 is 13.2 Å². The molecule has 0 spiro atoms. The summed E-state index contributed by atoms with van der Waals surface area (Å²) in [6, 6.07) is 14.5. The van der Waals surface area contributed by atoms with E-state index in [2.05, 4.69) is 0 Å². The molecule has 0 amide bonds. The Morgan fingerprint density at radius 1 is 1.12 bits per heavy atom. The van der Waals surface area contributed by atoms with E-state index in [0.29, 0.717) is 10.6 Å². The number of hydrogen-bond acceptors (Lipinski definition) is 4. The summed E-state index contributed by atoms with van der Waals surface area (Å²) in [4.78, 5) is 12.2. The Labute approximate surface area is 146 Å². The summed E-state index contributed by atoms with van der Waals surface area (Å²) in [5.41, 5.74) is 1.38. The maximum Gasteiger partial charge on any atom is 0.194 e. The number of carbonyl (C=O) groups excluding carboxylic acids is 1. The van der Waals surface area contributed by atoms with Gasteiger partial charge in [0.15, 0.2) is 20.9 Å². The third-order valence-corrected chi connectivity index (χ3v) is 5.94. The van der Waals surface area contributed by atoms with E-state index in [-0.39, 0.29) is 23.5 Å². The van der Waals surface area contributed by atoms with E-state index in [4.69, 9.17) is 11.6 Å². The third kappa shape index (κ3) is 4.22. The van der Waals surface area contributed by atoms with Gasteiger partial charge >= 0.3 is 0 Å². The third-order valence-electron chi connectivity index (χ3n) is 3.67. The molecule has 4 nitrogen and oxygen atoms in total. The number of nitrogens with zero attached hydrogens (tertiary/aromatic N) is 1. The maximum atomic E-state index is 12.5. The van der Waals surface area contributed by atoms with Crippen LogP contribution in [0.1, 0.15) is 28.8 Å². The number of halogens is 1. The van der Waals surface area contributed by atoms with Gasteiger partial charge in [0.1, 0.15) is 0 Å². The lowest BCUT2D eigenvalue weighted by Crippen LogP contribution is -2.21. The summed E-state index contributed by atoms with van der Waals surface area (Å²) < 4.78 is 25.0. The number of sulfone groups is 1. The summed E-state index contributed by atoms with van der Waals surface area (Å²) in [5.74, 6) is -0.217. The van der Waals surface area contributed by atoms with Gasteiger partial charge in [-0.25, -0.2) is 8.42 Å². The molecule has 0 saturated carbocycles. The molecule has 0 heterocycles. The van der Waals surface area contributed by atoms with Crippen LogP contribution >= 0.6 is 11.6 Å². The minimum absolute atomic E-state index is 0.0229. The van der Waals surface area contributed by atoms with Gasteiger partial charge in [0, 0.05) is 17.0 Å². The topological polar surface area (TPSA) is 75.0 Å². The molecular formula is C18H16ClNO3S. The normalized spacial score (nSPS) is 12.4. The van der Waals surface area contributed by atoms with Crippen LogP contribution in [-0.4, -0.2) is 19.5 Å². The summed E-state index contributed by atoms with van der Waals surface area (Å²) in [6.07, 6.45) is -0.0703. The van der Waals surface area contributed by atoms with E-state index in [0.717, 1.165) is 5.56 Å². The summed E-state index contributed by atoms with van der Waals surface area (Å²) in [5, 5.41) is 8.50. The lowest BCUT2D eigenvalue weighted by atomic mass is 10.1. The highest BCUT2D eigenvalue weighted by atomic mass is 35.5. The Kier molecular flexibility index (Phi) is 5.76. The second kappa shape index (κ2) is 7.61. The molecule has 0 aliphatic carbocycles. The SMILES string of the molecule is Cc1ccc(S(=O)(=O)C(C#N)CCC(=O)c2ccc(Cl)cc2)cc1. The van der Waals surface area contributed by atoms with E-state index in [1.165, 1.54) is 12.1 Å². The number of hydrogen-bond donors (Lipinski definition) is 0. The highest BCUT2D eigenvalue weighted by Gasteiger charge is 2.28. The molecule has 0 fully saturated rings. The standard InChI is InChI=1S/C18H16ClNO3S/c1-13-2-8-16(9-3-13)24(22,23)17(12-20)10-11-18(21)14-4-6-15(19)7-5-14/h2-9,17H,10-11H2,1H3. The Bertz CT molecular complexity index is 866. The van der Waals surface area contributed by atoms with Crippen molar-refractivity contribution in [3.63, 3.8) is 0 Å². The molecule has 2 rings (SSSR count). The Hall–Kier alpha value is -2.16. The molecule has 124 valence electrons. The fraction of sp³-hybridized carbons (Fsp3) is 0.222. The molecular weight excluding hydrogens is 346 g/mol. The van der Waals surface area contributed by atoms with Gasteiger partial charge in [-0.15, -0.1) is 0 Å². The smallest absolute Gasteiger partial charge is 0.194 e. The number of aryl methyl sites for hydroxylation is 1. The maximum absolute atomic E-state index is 12.5. The van der Waals surface area contributed by atoms with Crippen LogP contribution in [0.5, 0.6) is 0 Å². The monoisotopic (exact) mass is 361 g/mol. The quantitative estimate of drug-likeness (QED) is 0.729. The van der Waals surface area contributed by atoms with Crippen molar-refractivity contribution in [3.8, 4) is 6.07 Å². The molecule has 2 aromatic carbocycles. The Balaban J connectivity index is 2.11. The molecule has 0 saturated heterocycles. The number of ketones is 1. The van der Waals surface area contributed by atoms with Crippen molar-refractivity contribution in [2.24, 2.45) is 0 Å².